The molecule has 0 bridgehead atoms. The Morgan fingerprint density at radius 2 is 1.88 bits per heavy atom. The van der Waals surface area contributed by atoms with Crippen LogP contribution in [-0.4, -0.2) is 23.8 Å². The Kier molecular flexibility index (Phi) is 6.31. The van der Waals surface area contributed by atoms with E-state index in [2.05, 4.69) is 0 Å². The van der Waals surface area contributed by atoms with Gasteiger partial charge in [-0.3, -0.25) is 4.79 Å². The zero-order chi connectivity index (χ0) is 24.1. The van der Waals surface area contributed by atoms with E-state index in [0.29, 0.717) is 51.7 Å². The second-order valence-corrected chi connectivity index (χ2v) is 9.15. The van der Waals surface area contributed by atoms with Crippen LogP contribution in [-0.2, 0) is 29.2 Å². The molecule has 1 heterocycles. The summed E-state index contributed by atoms with van der Waals surface area (Å²) in [6, 6.07) is 7.53. The van der Waals surface area contributed by atoms with E-state index >= 15 is 0 Å². The van der Waals surface area contributed by atoms with Crippen molar-refractivity contribution in [3.05, 3.63) is 62.8 Å². The van der Waals surface area contributed by atoms with Crippen LogP contribution in [0.1, 0.15) is 35.2 Å². The quantitative estimate of drug-likeness (QED) is 0.365. The van der Waals surface area contributed by atoms with Gasteiger partial charge in [0.2, 0.25) is 0 Å². The van der Waals surface area contributed by atoms with E-state index in [1.54, 1.807) is 30.7 Å². The summed E-state index contributed by atoms with van der Waals surface area (Å²) in [5, 5.41) is 1.52. The number of aryl methyl sites for hydroxylation is 2. The van der Waals surface area contributed by atoms with Crippen molar-refractivity contribution in [2.75, 3.05) is 7.11 Å². The molecule has 1 aromatic heterocycles. The smallest absolute Gasteiger partial charge is 0.416 e. The van der Waals surface area contributed by atoms with Gasteiger partial charge in [-0.1, -0.05) is 23.2 Å². The number of alkyl halides is 3. The Morgan fingerprint density at radius 1 is 1.18 bits per heavy atom. The lowest BCUT2D eigenvalue weighted by molar-refractivity contribution is -0.151. The molecule has 1 saturated carbocycles. The van der Waals surface area contributed by atoms with E-state index in [0.717, 1.165) is 23.2 Å². The van der Waals surface area contributed by atoms with Gasteiger partial charge < -0.3 is 14.0 Å². The monoisotopic (exact) mass is 499 g/mol. The maximum absolute atomic E-state index is 13.3. The number of fused-ring (bicyclic) bond motifs is 1. The van der Waals surface area contributed by atoms with Crippen LogP contribution in [0.4, 0.5) is 13.2 Å². The minimum absolute atomic E-state index is 0.151. The van der Waals surface area contributed by atoms with Gasteiger partial charge in [0, 0.05) is 35.1 Å². The highest BCUT2D eigenvalue weighted by atomic mass is 35.5. The molecule has 0 amide bonds. The fraction of sp³-hybridized carbons (Fsp3) is 0.375. The van der Waals surface area contributed by atoms with Crippen molar-refractivity contribution in [1.82, 2.24) is 4.57 Å². The number of aromatic nitrogens is 1. The predicted octanol–water partition coefficient (Wildman–Crippen LogP) is 6.73. The van der Waals surface area contributed by atoms with Crippen LogP contribution >= 0.6 is 23.2 Å². The molecule has 9 heteroatoms. The van der Waals surface area contributed by atoms with Crippen molar-refractivity contribution in [3.63, 3.8) is 0 Å². The topological polar surface area (TPSA) is 40.5 Å². The molecular weight excluding hydrogens is 478 g/mol. The van der Waals surface area contributed by atoms with Gasteiger partial charge in [0.15, 0.2) is 0 Å². The average molecular weight is 500 g/mol. The Bertz CT molecular complexity index is 1230. The van der Waals surface area contributed by atoms with Gasteiger partial charge in [-0.15, -0.1) is 0 Å². The second kappa shape index (κ2) is 8.76. The molecule has 4 rings (SSSR count). The predicted molar refractivity (Wildman–Crippen MR) is 121 cm³/mol. The lowest BCUT2D eigenvalue weighted by Gasteiger charge is -2.33. The number of hydrogen-bond acceptors (Lipinski definition) is 3. The number of halogens is 5. The number of benzene rings is 2. The summed E-state index contributed by atoms with van der Waals surface area (Å²) in [5.74, 6) is 0.0300. The fourth-order valence-electron chi connectivity index (χ4n) is 4.21. The molecule has 0 atom stereocenters. The maximum atomic E-state index is 13.3. The van der Waals surface area contributed by atoms with E-state index in [4.69, 9.17) is 32.7 Å². The molecule has 0 aliphatic heterocycles. The van der Waals surface area contributed by atoms with E-state index < -0.39 is 11.7 Å². The van der Waals surface area contributed by atoms with Crippen LogP contribution in [0.3, 0.4) is 0 Å². The molecule has 1 aliphatic rings. The van der Waals surface area contributed by atoms with Gasteiger partial charge in [0.25, 0.3) is 0 Å². The highest BCUT2D eigenvalue weighted by molar-refractivity contribution is 6.37. The molecule has 0 radical (unpaired) electrons. The Balaban J connectivity index is 1.62. The van der Waals surface area contributed by atoms with Gasteiger partial charge >= 0.3 is 12.1 Å². The molecule has 1 fully saturated rings. The average Bonchev–Trinajstić information content (AvgIpc) is 3.04. The minimum Gasteiger partial charge on any atom is -0.489 e. The van der Waals surface area contributed by atoms with Crippen LogP contribution in [0.5, 0.6) is 5.75 Å². The van der Waals surface area contributed by atoms with Crippen molar-refractivity contribution in [3.8, 4) is 5.75 Å². The third kappa shape index (κ3) is 4.53. The minimum atomic E-state index is -4.42. The highest BCUT2D eigenvalue weighted by Gasteiger charge is 2.37. The summed E-state index contributed by atoms with van der Waals surface area (Å²) < 4.78 is 52.3. The molecule has 3 aromatic rings. The van der Waals surface area contributed by atoms with Crippen LogP contribution in [0.2, 0.25) is 10.0 Å². The van der Waals surface area contributed by atoms with Crippen LogP contribution in [0, 0.1) is 12.8 Å². The number of ether oxygens (including phenoxy) is 2. The standard InChI is InChI=1S/C24H22Cl2F3NO3/c1-12-6-14(24(27,28)29)9-20-17(12)10-15(30(20)2)11-18-19(25)4-5-21(22(18)26)33-16-7-13(8-16)23(31)32-3/h4-6,9-10,13,16H,7-8,11H2,1-3H3/t13-,16+. The van der Waals surface area contributed by atoms with Crippen LogP contribution in [0.15, 0.2) is 30.3 Å². The molecule has 33 heavy (non-hydrogen) atoms. The van der Waals surface area contributed by atoms with E-state index in [1.165, 1.54) is 7.11 Å². The Morgan fingerprint density at radius 3 is 2.52 bits per heavy atom. The first-order valence-electron chi connectivity index (χ1n) is 10.4. The third-order valence-corrected chi connectivity index (χ3v) is 7.00. The molecule has 0 unspecified atom stereocenters. The maximum Gasteiger partial charge on any atom is 0.416 e. The normalized spacial score (nSPS) is 18.3. The van der Waals surface area contributed by atoms with Crippen molar-refractivity contribution >= 4 is 40.1 Å². The van der Waals surface area contributed by atoms with E-state index in [-0.39, 0.29) is 18.0 Å². The number of hydrogen-bond donors (Lipinski definition) is 0. The zero-order valence-electron chi connectivity index (χ0n) is 18.2. The van der Waals surface area contributed by atoms with Crippen molar-refractivity contribution in [2.45, 2.75) is 38.5 Å². The van der Waals surface area contributed by atoms with Crippen molar-refractivity contribution < 1.29 is 27.4 Å². The van der Waals surface area contributed by atoms with Gasteiger partial charge in [0.1, 0.15) is 11.9 Å². The number of methoxy groups -OCH3 is 1. The van der Waals surface area contributed by atoms with Crippen LogP contribution in [0.25, 0.3) is 10.9 Å². The molecule has 0 N–H and O–H groups in total. The lowest BCUT2D eigenvalue weighted by Crippen LogP contribution is -2.38. The van der Waals surface area contributed by atoms with Crippen molar-refractivity contribution in [1.29, 1.82) is 0 Å². The summed E-state index contributed by atoms with van der Waals surface area (Å²) in [5.41, 5.74) is 1.74. The summed E-state index contributed by atoms with van der Waals surface area (Å²) in [7, 11) is 3.08. The number of carbonyl (C=O) groups excluding carboxylic acids is 1. The van der Waals surface area contributed by atoms with Gasteiger partial charge in [-0.05, 0) is 61.2 Å². The van der Waals surface area contributed by atoms with Gasteiger partial charge in [-0.25, -0.2) is 0 Å². The molecular formula is C24H22Cl2F3NO3. The van der Waals surface area contributed by atoms with E-state index in [1.807, 2.05) is 6.07 Å². The number of carbonyl (C=O) groups is 1. The Labute approximate surface area is 199 Å². The lowest BCUT2D eigenvalue weighted by atomic mass is 9.82. The molecule has 2 aromatic carbocycles. The third-order valence-electron chi connectivity index (χ3n) is 6.23. The number of rotatable bonds is 5. The first kappa shape index (κ1) is 23.8. The molecule has 0 saturated heterocycles. The largest absolute Gasteiger partial charge is 0.489 e. The first-order valence-corrected chi connectivity index (χ1v) is 11.1. The summed E-state index contributed by atoms with van der Waals surface area (Å²) in [6.07, 6.45) is -3.16. The van der Waals surface area contributed by atoms with Crippen LogP contribution < -0.4 is 4.74 Å². The SMILES string of the molecule is COC(=O)[C@H]1C[C@@H](Oc2ccc(Cl)c(Cc3cc4c(C)cc(C(F)(F)F)cc4n3C)c2Cl)C1. The molecule has 1 aliphatic carbocycles. The number of nitrogens with zero attached hydrogens (tertiary/aromatic N) is 1. The highest BCUT2D eigenvalue weighted by Crippen LogP contribution is 2.40. The van der Waals surface area contributed by atoms with Gasteiger partial charge in [0.05, 0.1) is 23.6 Å². The summed E-state index contributed by atoms with van der Waals surface area (Å²) >= 11 is 13.1. The summed E-state index contributed by atoms with van der Waals surface area (Å²) in [6.45, 7) is 1.66. The molecule has 176 valence electrons. The zero-order valence-corrected chi connectivity index (χ0v) is 19.7. The number of esters is 1. The molecule has 0 spiro atoms. The van der Waals surface area contributed by atoms with Gasteiger partial charge in [-0.2, -0.15) is 13.2 Å². The summed E-state index contributed by atoms with van der Waals surface area (Å²) in [4.78, 5) is 11.6. The Hall–Kier alpha value is -2.38. The second-order valence-electron chi connectivity index (χ2n) is 8.36. The fourth-order valence-corrected chi connectivity index (χ4v) is 4.76. The molecule has 4 nitrogen and oxygen atoms in total. The van der Waals surface area contributed by atoms with E-state index in [9.17, 15) is 18.0 Å². The van der Waals surface area contributed by atoms with Crippen molar-refractivity contribution in [2.24, 2.45) is 13.0 Å². The first-order chi connectivity index (χ1) is 15.5.